The molecule has 3 aliphatic rings. The average molecular weight is 482 g/mol. The van der Waals surface area contributed by atoms with Gasteiger partial charge in [0.2, 0.25) is 5.91 Å². The summed E-state index contributed by atoms with van der Waals surface area (Å²) in [5, 5.41) is 12.2. The Bertz CT molecular complexity index is 1250. The van der Waals surface area contributed by atoms with E-state index in [1.807, 2.05) is 12.1 Å². The Hall–Kier alpha value is -2.93. The van der Waals surface area contributed by atoms with E-state index in [-0.39, 0.29) is 19.1 Å². The summed E-state index contributed by atoms with van der Waals surface area (Å²) in [4.78, 5) is 15.1. The van der Waals surface area contributed by atoms with Crippen LogP contribution >= 0.6 is 0 Å². The number of rotatable bonds is 6. The number of carbonyl (C=O) groups excluding carboxylic acids is 1. The molecule has 1 spiro atoms. The number of nitrogens with one attached hydrogen (secondary N) is 1. The fourth-order valence-electron chi connectivity index (χ4n) is 5.17. The monoisotopic (exact) mass is 481 g/mol. The summed E-state index contributed by atoms with van der Waals surface area (Å²) in [5.41, 5.74) is 2.50. The van der Waals surface area contributed by atoms with Crippen molar-refractivity contribution < 1.29 is 22.7 Å². The van der Waals surface area contributed by atoms with E-state index in [0.717, 1.165) is 36.4 Å². The van der Waals surface area contributed by atoms with Crippen molar-refractivity contribution in [1.29, 1.82) is 5.26 Å². The Morgan fingerprint density at radius 2 is 1.85 bits per heavy atom. The van der Waals surface area contributed by atoms with Crippen LogP contribution in [0.15, 0.2) is 42.5 Å². The van der Waals surface area contributed by atoms with E-state index < -0.39 is 20.0 Å². The third-order valence-corrected chi connectivity index (χ3v) is 9.38. The highest BCUT2D eigenvalue weighted by molar-refractivity contribution is 7.91. The number of hydrogen-bond acceptors (Lipinski definition) is 7. The highest BCUT2D eigenvalue weighted by Crippen LogP contribution is 2.45. The zero-order valence-electron chi connectivity index (χ0n) is 19.0. The van der Waals surface area contributed by atoms with Crippen molar-refractivity contribution in [2.24, 2.45) is 0 Å². The zero-order chi connectivity index (χ0) is 24.0. The predicted molar refractivity (Wildman–Crippen MR) is 126 cm³/mol. The maximum absolute atomic E-state index is 12.8. The van der Waals surface area contributed by atoms with E-state index in [9.17, 15) is 18.5 Å². The maximum atomic E-state index is 12.8. The number of nitrogens with zero attached hydrogens (tertiary/aromatic N) is 2. The molecule has 5 rings (SSSR count). The van der Waals surface area contributed by atoms with Crippen LogP contribution in [0.3, 0.4) is 0 Å². The first-order valence-corrected chi connectivity index (χ1v) is 13.3. The summed E-state index contributed by atoms with van der Waals surface area (Å²) in [6, 6.07) is 14.8. The molecule has 0 aliphatic carbocycles. The summed E-state index contributed by atoms with van der Waals surface area (Å²) in [6.45, 7) is 3.12. The molecule has 1 N–H and O–H groups in total. The number of nitriles is 1. The Kier molecular flexibility index (Phi) is 5.63. The van der Waals surface area contributed by atoms with Crippen LogP contribution < -0.4 is 10.1 Å². The number of ether oxygens (including phenoxy) is 2. The van der Waals surface area contributed by atoms with Crippen LogP contribution in [-0.2, 0) is 29.5 Å². The van der Waals surface area contributed by atoms with Crippen LogP contribution in [0.4, 0.5) is 5.69 Å². The fraction of sp³-hybridized carbons (Fsp3) is 0.440. The molecule has 0 aromatic heterocycles. The number of hydrogen-bond donors (Lipinski definition) is 1. The van der Waals surface area contributed by atoms with Crippen LogP contribution in [0.1, 0.15) is 29.5 Å². The standard InChI is InChI=1S/C25H27N3O5S/c1-34(30,31)25(16-32-17-25)19-3-5-20(6-4-19)33-13-12-28-10-8-24(9-11-28)21-14-18(15-26)2-7-22(21)27-23(24)29/h2-7,14H,8-13,16-17H2,1H3,(H,27,29). The highest BCUT2D eigenvalue weighted by Gasteiger charge is 2.50. The first kappa shape index (κ1) is 22.8. The summed E-state index contributed by atoms with van der Waals surface area (Å²) in [7, 11) is -3.28. The third-order valence-electron chi connectivity index (χ3n) is 7.49. The van der Waals surface area contributed by atoms with E-state index in [1.165, 1.54) is 6.26 Å². The van der Waals surface area contributed by atoms with Crippen LogP contribution in [0, 0.1) is 11.3 Å². The molecule has 2 aromatic carbocycles. The minimum Gasteiger partial charge on any atom is -0.492 e. The van der Waals surface area contributed by atoms with Crippen LogP contribution in [0.5, 0.6) is 5.75 Å². The molecule has 0 bridgehead atoms. The van der Waals surface area contributed by atoms with Gasteiger partial charge in [0.1, 0.15) is 17.1 Å². The molecule has 34 heavy (non-hydrogen) atoms. The molecule has 2 saturated heterocycles. The normalized spacial score (nSPS) is 20.8. The zero-order valence-corrected chi connectivity index (χ0v) is 19.9. The summed E-state index contributed by atoms with van der Waals surface area (Å²) in [5.74, 6) is 0.714. The second kappa shape index (κ2) is 8.38. The molecule has 2 fully saturated rings. The minimum absolute atomic E-state index is 0.0253. The van der Waals surface area contributed by atoms with Crippen LogP contribution in [-0.4, -0.2) is 64.9 Å². The molecule has 3 aliphatic heterocycles. The number of benzene rings is 2. The molecule has 2 aromatic rings. The Morgan fingerprint density at radius 1 is 1.15 bits per heavy atom. The molecule has 0 radical (unpaired) electrons. The van der Waals surface area contributed by atoms with Crippen molar-refractivity contribution >= 4 is 21.4 Å². The van der Waals surface area contributed by atoms with Gasteiger partial charge in [-0.3, -0.25) is 9.69 Å². The Morgan fingerprint density at radius 3 is 2.44 bits per heavy atom. The average Bonchev–Trinajstić information content (AvgIpc) is 3.05. The highest BCUT2D eigenvalue weighted by atomic mass is 32.2. The molecular formula is C25H27N3O5S. The summed E-state index contributed by atoms with van der Waals surface area (Å²) < 4.78 is 34.6. The predicted octanol–water partition coefficient (Wildman–Crippen LogP) is 2.19. The fourth-order valence-corrected chi connectivity index (χ4v) is 6.33. The van der Waals surface area contributed by atoms with E-state index in [2.05, 4.69) is 16.3 Å². The van der Waals surface area contributed by atoms with Gasteiger partial charge in [0.25, 0.3) is 0 Å². The molecule has 9 heteroatoms. The lowest BCUT2D eigenvalue weighted by atomic mass is 9.73. The van der Waals surface area contributed by atoms with Gasteiger partial charge in [0.15, 0.2) is 9.84 Å². The van der Waals surface area contributed by atoms with E-state index in [4.69, 9.17) is 9.47 Å². The van der Waals surface area contributed by atoms with Crippen molar-refractivity contribution in [3.63, 3.8) is 0 Å². The minimum atomic E-state index is -3.28. The van der Waals surface area contributed by atoms with Gasteiger partial charge in [-0.25, -0.2) is 8.42 Å². The van der Waals surface area contributed by atoms with Crippen LogP contribution in [0.25, 0.3) is 0 Å². The third kappa shape index (κ3) is 3.66. The van der Waals surface area contributed by atoms with Gasteiger partial charge in [0.05, 0.1) is 30.3 Å². The number of carbonyl (C=O) groups is 1. The van der Waals surface area contributed by atoms with Crippen molar-refractivity contribution in [3.05, 3.63) is 59.2 Å². The summed E-state index contributed by atoms with van der Waals surface area (Å²) in [6.07, 6.45) is 2.65. The lowest BCUT2D eigenvalue weighted by Crippen LogP contribution is -2.52. The van der Waals surface area contributed by atoms with Gasteiger partial charge in [0, 0.05) is 18.5 Å². The second-order valence-corrected chi connectivity index (χ2v) is 11.7. The maximum Gasteiger partial charge on any atom is 0.235 e. The molecular weight excluding hydrogens is 454 g/mol. The molecule has 178 valence electrons. The van der Waals surface area contributed by atoms with E-state index in [1.54, 1.807) is 30.3 Å². The van der Waals surface area contributed by atoms with Gasteiger partial charge >= 0.3 is 0 Å². The topological polar surface area (TPSA) is 109 Å². The number of amides is 1. The largest absolute Gasteiger partial charge is 0.492 e. The van der Waals surface area contributed by atoms with Gasteiger partial charge < -0.3 is 14.8 Å². The first-order chi connectivity index (χ1) is 16.3. The summed E-state index contributed by atoms with van der Waals surface area (Å²) >= 11 is 0. The lowest BCUT2D eigenvalue weighted by molar-refractivity contribution is -0.122. The number of sulfone groups is 1. The first-order valence-electron chi connectivity index (χ1n) is 11.4. The van der Waals surface area contributed by atoms with Crippen LogP contribution in [0.2, 0.25) is 0 Å². The number of likely N-dealkylation sites (tertiary alicyclic amines) is 1. The Balaban J connectivity index is 1.16. The Labute approximate surface area is 199 Å². The van der Waals surface area contributed by atoms with Crippen molar-refractivity contribution in [2.75, 3.05) is 51.0 Å². The van der Waals surface area contributed by atoms with Gasteiger partial charge in [-0.05, 0) is 67.4 Å². The number of anilines is 1. The van der Waals surface area contributed by atoms with Crippen molar-refractivity contribution in [1.82, 2.24) is 4.90 Å². The quantitative estimate of drug-likeness (QED) is 0.674. The molecule has 1 amide bonds. The number of fused-ring (bicyclic) bond motifs is 2. The van der Waals surface area contributed by atoms with Gasteiger partial charge in [-0.2, -0.15) is 5.26 Å². The smallest absolute Gasteiger partial charge is 0.235 e. The van der Waals surface area contributed by atoms with Crippen molar-refractivity contribution in [2.45, 2.75) is 23.0 Å². The molecule has 0 saturated carbocycles. The lowest BCUT2D eigenvalue weighted by Gasteiger charge is -2.40. The molecule has 0 atom stereocenters. The molecule has 8 nitrogen and oxygen atoms in total. The SMILES string of the molecule is CS(=O)(=O)C1(c2ccc(OCCN3CCC4(CC3)C(=O)Nc3ccc(C#N)cc34)cc2)COC1. The second-order valence-electron chi connectivity index (χ2n) is 9.38. The number of piperidine rings is 1. The molecule has 3 heterocycles. The van der Waals surface area contributed by atoms with Gasteiger partial charge in [-0.1, -0.05) is 12.1 Å². The van der Waals surface area contributed by atoms with E-state index >= 15 is 0 Å². The van der Waals surface area contributed by atoms with E-state index in [0.29, 0.717) is 30.8 Å². The molecule has 0 unspecified atom stereocenters. The van der Waals surface area contributed by atoms with Crippen molar-refractivity contribution in [3.8, 4) is 11.8 Å². The van der Waals surface area contributed by atoms with Gasteiger partial charge in [-0.15, -0.1) is 0 Å².